The molecule has 0 spiro atoms. The fraction of sp³-hybridized carbons (Fsp3) is 0.357. The van der Waals surface area contributed by atoms with Gasteiger partial charge < -0.3 is 15.0 Å². The summed E-state index contributed by atoms with van der Waals surface area (Å²) in [6.07, 6.45) is 0.783. The standard InChI is InChI=1S/C14H17BrN2O2/c1-9-5-12(15)7-11(3-4-16)14(9)18-8-13-6-10(2)17-19-13/h5-7H,3-4,8,16H2,1-2H3. The molecule has 0 aliphatic rings. The van der Waals surface area contributed by atoms with E-state index in [0.717, 1.165) is 39.2 Å². The highest BCUT2D eigenvalue weighted by Gasteiger charge is 2.10. The van der Waals surface area contributed by atoms with Crippen molar-refractivity contribution in [1.82, 2.24) is 5.16 Å². The van der Waals surface area contributed by atoms with Gasteiger partial charge in [0, 0.05) is 10.5 Å². The summed E-state index contributed by atoms with van der Waals surface area (Å²) in [7, 11) is 0. The largest absolute Gasteiger partial charge is 0.485 e. The van der Waals surface area contributed by atoms with E-state index in [1.165, 1.54) is 0 Å². The first-order chi connectivity index (χ1) is 9.10. The molecule has 0 aliphatic carbocycles. The molecule has 102 valence electrons. The number of benzene rings is 1. The monoisotopic (exact) mass is 324 g/mol. The molecule has 0 unspecified atom stereocenters. The van der Waals surface area contributed by atoms with Crippen molar-refractivity contribution < 1.29 is 9.26 Å². The van der Waals surface area contributed by atoms with Gasteiger partial charge in [0.2, 0.25) is 0 Å². The van der Waals surface area contributed by atoms with Gasteiger partial charge in [0.05, 0.1) is 5.69 Å². The molecule has 0 atom stereocenters. The molecule has 0 amide bonds. The molecule has 2 aromatic rings. The molecule has 0 radical (unpaired) electrons. The molecule has 1 aromatic heterocycles. The highest BCUT2D eigenvalue weighted by Crippen LogP contribution is 2.29. The number of halogens is 1. The summed E-state index contributed by atoms with van der Waals surface area (Å²) in [5, 5.41) is 3.84. The Morgan fingerprint density at radius 2 is 2.11 bits per heavy atom. The predicted octanol–water partition coefficient (Wildman–Crippen LogP) is 3.13. The summed E-state index contributed by atoms with van der Waals surface area (Å²) >= 11 is 3.49. The SMILES string of the molecule is Cc1cc(COc2c(C)cc(Br)cc2CCN)on1. The van der Waals surface area contributed by atoms with E-state index in [2.05, 4.69) is 21.1 Å². The summed E-state index contributed by atoms with van der Waals surface area (Å²) in [6, 6.07) is 5.94. The molecule has 5 heteroatoms. The maximum Gasteiger partial charge on any atom is 0.174 e. The van der Waals surface area contributed by atoms with E-state index in [-0.39, 0.29) is 0 Å². The Labute approximate surface area is 121 Å². The van der Waals surface area contributed by atoms with E-state index in [4.69, 9.17) is 15.0 Å². The van der Waals surface area contributed by atoms with E-state index < -0.39 is 0 Å². The van der Waals surface area contributed by atoms with Crippen LogP contribution in [0.1, 0.15) is 22.6 Å². The summed E-state index contributed by atoms with van der Waals surface area (Å²) in [5.41, 5.74) is 8.68. The molecular formula is C14H17BrN2O2. The molecule has 1 heterocycles. The molecule has 1 aromatic carbocycles. The average molecular weight is 325 g/mol. The van der Waals surface area contributed by atoms with Gasteiger partial charge in [-0.05, 0) is 50.1 Å². The van der Waals surface area contributed by atoms with Gasteiger partial charge in [-0.2, -0.15) is 0 Å². The number of nitrogens with zero attached hydrogens (tertiary/aromatic N) is 1. The van der Waals surface area contributed by atoms with Crippen LogP contribution in [-0.2, 0) is 13.0 Å². The number of hydrogen-bond acceptors (Lipinski definition) is 4. The van der Waals surface area contributed by atoms with Gasteiger partial charge in [-0.1, -0.05) is 21.1 Å². The number of aryl methyl sites for hydroxylation is 2. The lowest BCUT2D eigenvalue weighted by atomic mass is 10.1. The molecule has 0 bridgehead atoms. The lowest BCUT2D eigenvalue weighted by Gasteiger charge is -2.13. The number of ether oxygens (including phenoxy) is 1. The summed E-state index contributed by atoms with van der Waals surface area (Å²) in [4.78, 5) is 0. The summed E-state index contributed by atoms with van der Waals surface area (Å²) < 4.78 is 12.0. The third-order valence-corrected chi connectivity index (χ3v) is 3.22. The first kappa shape index (κ1) is 14.1. The third-order valence-electron chi connectivity index (χ3n) is 2.77. The molecule has 0 fully saturated rings. The first-order valence-electron chi connectivity index (χ1n) is 6.14. The fourth-order valence-corrected chi connectivity index (χ4v) is 2.59. The van der Waals surface area contributed by atoms with Crippen LogP contribution in [0, 0.1) is 13.8 Å². The Morgan fingerprint density at radius 3 is 2.74 bits per heavy atom. The summed E-state index contributed by atoms with van der Waals surface area (Å²) in [5.74, 6) is 1.60. The van der Waals surface area contributed by atoms with Gasteiger partial charge in [0.1, 0.15) is 12.4 Å². The van der Waals surface area contributed by atoms with Crippen LogP contribution in [0.5, 0.6) is 5.75 Å². The van der Waals surface area contributed by atoms with E-state index >= 15 is 0 Å². The van der Waals surface area contributed by atoms with Crippen molar-refractivity contribution in [2.45, 2.75) is 26.9 Å². The smallest absolute Gasteiger partial charge is 0.174 e. The molecule has 4 nitrogen and oxygen atoms in total. The van der Waals surface area contributed by atoms with Crippen LogP contribution in [0.3, 0.4) is 0 Å². The van der Waals surface area contributed by atoms with Crippen molar-refractivity contribution in [3.8, 4) is 5.75 Å². The molecule has 2 N–H and O–H groups in total. The number of aromatic nitrogens is 1. The van der Waals surface area contributed by atoms with Crippen molar-refractivity contribution >= 4 is 15.9 Å². The Balaban J connectivity index is 2.18. The minimum absolute atomic E-state index is 0.376. The highest BCUT2D eigenvalue weighted by atomic mass is 79.9. The van der Waals surface area contributed by atoms with Gasteiger partial charge in [-0.3, -0.25) is 0 Å². The lowest BCUT2D eigenvalue weighted by molar-refractivity contribution is 0.245. The Kier molecular flexibility index (Phi) is 4.61. The van der Waals surface area contributed by atoms with Crippen LogP contribution in [0.4, 0.5) is 0 Å². The van der Waals surface area contributed by atoms with Gasteiger partial charge in [-0.25, -0.2) is 0 Å². The van der Waals surface area contributed by atoms with Crippen molar-refractivity contribution in [2.24, 2.45) is 5.73 Å². The second-order valence-corrected chi connectivity index (χ2v) is 5.39. The summed E-state index contributed by atoms with van der Waals surface area (Å²) in [6.45, 7) is 4.87. The zero-order chi connectivity index (χ0) is 13.8. The lowest BCUT2D eigenvalue weighted by Crippen LogP contribution is -2.06. The van der Waals surface area contributed by atoms with Gasteiger partial charge in [0.25, 0.3) is 0 Å². The topological polar surface area (TPSA) is 61.3 Å². The minimum Gasteiger partial charge on any atom is -0.485 e. The van der Waals surface area contributed by atoms with Gasteiger partial charge in [0.15, 0.2) is 5.76 Å². The predicted molar refractivity (Wildman–Crippen MR) is 77.2 cm³/mol. The van der Waals surface area contributed by atoms with E-state index in [0.29, 0.717) is 13.2 Å². The van der Waals surface area contributed by atoms with Crippen LogP contribution < -0.4 is 10.5 Å². The van der Waals surface area contributed by atoms with Crippen molar-refractivity contribution in [1.29, 1.82) is 0 Å². The third kappa shape index (κ3) is 3.58. The molecule has 0 saturated carbocycles. The average Bonchev–Trinajstić information content (AvgIpc) is 2.74. The zero-order valence-electron chi connectivity index (χ0n) is 11.1. The van der Waals surface area contributed by atoms with Crippen molar-refractivity contribution in [3.63, 3.8) is 0 Å². The number of hydrogen-bond donors (Lipinski definition) is 1. The van der Waals surface area contributed by atoms with Gasteiger partial charge >= 0.3 is 0 Å². The van der Waals surface area contributed by atoms with Gasteiger partial charge in [-0.15, -0.1) is 0 Å². The Bertz CT molecular complexity index is 567. The molecule has 2 rings (SSSR count). The first-order valence-corrected chi connectivity index (χ1v) is 6.93. The zero-order valence-corrected chi connectivity index (χ0v) is 12.7. The van der Waals surface area contributed by atoms with Crippen molar-refractivity contribution in [3.05, 3.63) is 45.3 Å². The molecule has 0 aliphatic heterocycles. The maximum absolute atomic E-state index is 5.86. The maximum atomic E-state index is 5.86. The Hall–Kier alpha value is -1.33. The second-order valence-electron chi connectivity index (χ2n) is 4.47. The highest BCUT2D eigenvalue weighted by molar-refractivity contribution is 9.10. The van der Waals surface area contributed by atoms with Crippen LogP contribution in [-0.4, -0.2) is 11.7 Å². The fourth-order valence-electron chi connectivity index (χ4n) is 1.97. The molecule has 19 heavy (non-hydrogen) atoms. The number of nitrogens with two attached hydrogens (primary N) is 1. The van der Waals surface area contributed by atoms with E-state index in [1.54, 1.807) is 0 Å². The van der Waals surface area contributed by atoms with Crippen molar-refractivity contribution in [2.75, 3.05) is 6.54 Å². The molecule has 0 saturated heterocycles. The second kappa shape index (κ2) is 6.21. The van der Waals surface area contributed by atoms with E-state index in [9.17, 15) is 0 Å². The van der Waals surface area contributed by atoms with Crippen LogP contribution in [0.25, 0.3) is 0 Å². The quantitative estimate of drug-likeness (QED) is 0.917. The van der Waals surface area contributed by atoms with E-state index in [1.807, 2.05) is 32.0 Å². The minimum atomic E-state index is 0.376. The normalized spacial score (nSPS) is 10.7. The Morgan fingerprint density at radius 1 is 1.32 bits per heavy atom. The molecular weight excluding hydrogens is 308 g/mol. The van der Waals surface area contributed by atoms with Crippen LogP contribution in [0.15, 0.2) is 27.2 Å². The number of rotatable bonds is 5. The van der Waals surface area contributed by atoms with Crippen LogP contribution in [0.2, 0.25) is 0 Å². The van der Waals surface area contributed by atoms with Crippen LogP contribution >= 0.6 is 15.9 Å².